The average Bonchev–Trinajstić information content (AvgIpc) is 2.30. The molecule has 0 atom stereocenters. The van der Waals surface area contributed by atoms with Crippen LogP contribution in [-0.2, 0) is 13.2 Å². The summed E-state index contributed by atoms with van der Waals surface area (Å²) in [6, 6.07) is 0. The number of pyridine rings is 1. The Morgan fingerprint density at radius 3 is 2.81 bits per heavy atom. The topological polar surface area (TPSA) is 65.4 Å². The molecular formula is C12H20N2O2. The molecule has 1 rings (SSSR count). The van der Waals surface area contributed by atoms with Gasteiger partial charge < -0.3 is 15.5 Å². The predicted octanol–water partition coefficient (Wildman–Crippen LogP) is 1.48. The zero-order chi connectivity index (χ0) is 12.0. The average molecular weight is 224 g/mol. The first kappa shape index (κ1) is 12.9. The van der Waals surface area contributed by atoms with Crippen LogP contribution < -0.4 is 5.32 Å². The number of rotatable bonds is 6. The Bertz CT molecular complexity index is 340. The number of hydrogen-bond donors (Lipinski definition) is 3. The summed E-state index contributed by atoms with van der Waals surface area (Å²) in [5.74, 6) is 0.190. The van der Waals surface area contributed by atoms with E-state index in [2.05, 4.69) is 17.2 Å². The van der Waals surface area contributed by atoms with E-state index in [1.807, 2.05) is 0 Å². The van der Waals surface area contributed by atoms with Crippen molar-refractivity contribution in [1.82, 2.24) is 10.3 Å². The maximum Gasteiger partial charge on any atom is 0.141 e. The number of aromatic hydroxyl groups is 1. The molecule has 1 aromatic heterocycles. The largest absolute Gasteiger partial charge is 0.506 e. The highest BCUT2D eigenvalue weighted by molar-refractivity contribution is 5.40. The Morgan fingerprint density at radius 1 is 1.44 bits per heavy atom. The van der Waals surface area contributed by atoms with Gasteiger partial charge in [-0.05, 0) is 19.9 Å². The highest BCUT2D eigenvalue weighted by Crippen LogP contribution is 2.23. The van der Waals surface area contributed by atoms with Crippen LogP contribution in [0.1, 0.15) is 36.6 Å². The van der Waals surface area contributed by atoms with Crippen molar-refractivity contribution in [1.29, 1.82) is 0 Å². The maximum atomic E-state index is 9.85. The van der Waals surface area contributed by atoms with Gasteiger partial charge in [0.1, 0.15) is 5.75 Å². The zero-order valence-corrected chi connectivity index (χ0v) is 9.95. The lowest BCUT2D eigenvalue weighted by molar-refractivity contribution is 0.278. The molecule has 0 aliphatic carbocycles. The fourth-order valence-electron chi connectivity index (χ4n) is 1.53. The van der Waals surface area contributed by atoms with Crippen molar-refractivity contribution in [2.45, 2.75) is 39.8 Å². The first-order valence-electron chi connectivity index (χ1n) is 5.68. The summed E-state index contributed by atoms with van der Waals surface area (Å²) in [4.78, 5) is 4.02. The van der Waals surface area contributed by atoms with E-state index in [1.165, 1.54) is 0 Å². The Hall–Kier alpha value is -1.13. The third-order valence-corrected chi connectivity index (χ3v) is 2.61. The minimum absolute atomic E-state index is 0.0916. The molecule has 0 unspecified atom stereocenters. The fraction of sp³-hybridized carbons (Fsp3) is 0.583. The first-order valence-corrected chi connectivity index (χ1v) is 5.68. The van der Waals surface area contributed by atoms with Crippen LogP contribution in [0.2, 0.25) is 0 Å². The SMILES string of the molecule is CCCCNCc1c(CO)cnc(C)c1O. The third kappa shape index (κ3) is 3.18. The molecular weight excluding hydrogens is 204 g/mol. The molecule has 0 aliphatic rings. The molecule has 0 saturated carbocycles. The van der Waals surface area contributed by atoms with Crippen LogP contribution >= 0.6 is 0 Å². The van der Waals surface area contributed by atoms with Crippen molar-refractivity contribution < 1.29 is 10.2 Å². The maximum absolute atomic E-state index is 9.85. The summed E-state index contributed by atoms with van der Waals surface area (Å²) in [6.45, 7) is 5.29. The number of hydrogen-bond acceptors (Lipinski definition) is 4. The molecule has 90 valence electrons. The second-order valence-electron chi connectivity index (χ2n) is 3.88. The Morgan fingerprint density at radius 2 is 2.19 bits per heavy atom. The Labute approximate surface area is 96.3 Å². The van der Waals surface area contributed by atoms with Crippen molar-refractivity contribution >= 4 is 0 Å². The van der Waals surface area contributed by atoms with Crippen LogP contribution in [0.4, 0.5) is 0 Å². The standard InChI is InChI=1S/C12H20N2O2/c1-3-4-5-13-7-11-10(8-15)6-14-9(2)12(11)16/h6,13,15-16H,3-5,7-8H2,1-2H3. The van der Waals surface area contributed by atoms with Crippen molar-refractivity contribution in [3.63, 3.8) is 0 Å². The molecule has 0 bridgehead atoms. The molecule has 3 N–H and O–H groups in total. The lowest BCUT2D eigenvalue weighted by Gasteiger charge is -2.12. The van der Waals surface area contributed by atoms with Gasteiger partial charge in [-0.25, -0.2) is 0 Å². The molecule has 0 spiro atoms. The molecule has 0 fully saturated rings. The van der Waals surface area contributed by atoms with E-state index < -0.39 is 0 Å². The molecule has 1 aromatic rings. The van der Waals surface area contributed by atoms with Gasteiger partial charge in [-0.2, -0.15) is 0 Å². The van der Waals surface area contributed by atoms with E-state index in [9.17, 15) is 5.11 Å². The zero-order valence-electron chi connectivity index (χ0n) is 9.95. The monoisotopic (exact) mass is 224 g/mol. The van der Waals surface area contributed by atoms with E-state index in [1.54, 1.807) is 13.1 Å². The second-order valence-corrected chi connectivity index (χ2v) is 3.88. The van der Waals surface area contributed by atoms with Gasteiger partial charge in [0.25, 0.3) is 0 Å². The van der Waals surface area contributed by atoms with Gasteiger partial charge in [0.05, 0.1) is 12.3 Å². The molecule has 1 heterocycles. The molecule has 0 radical (unpaired) electrons. The summed E-state index contributed by atoms with van der Waals surface area (Å²) in [5, 5.41) is 22.3. The van der Waals surface area contributed by atoms with Gasteiger partial charge in [-0.1, -0.05) is 13.3 Å². The van der Waals surface area contributed by atoms with Crippen LogP contribution in [-0.4, -0.2) is 21.7 Å². The number of nitrogens with zero attached hydrogens (tertiary/aromatic N) is 1. The summed E-state index contributed by atoms with van der Waals surface area (Å²) < 4.78 is 0. The molecule has 16 heavy (non-hydrogen) atoms. The summed E-state index contributed by atoms with van der Waals surface area (Å²) in [7, 11) is 0. The van der Waals surface area contributed by atoms with Crippen molar-refractivity contribution in [3.8, 4) is 5.75 Å². The van der Waals surface area contributed by atoms with Gasteiger partial charge >= 0.3 is 0 Å². The van der Waals surface area contributed by atoms with Gasteiger partial charge in [-0.15, -0.1) is 0 Å². The van der Waals surface area contributed by atoms with E-state index in [-0.39, 0.29) is 12.4 Å². The molecule has 0 aromatic carbocycles. The lowest BCUT2D eigenvalue weighted by Crippen LogP contribution is -2.16. The smallest absolute Gasteiger partial charge is 0.141 e. The third-order valence-electron chi connectivity index (χ3n) is 2.61. The van der Waals surface area contributed by atoms with Gasteiger partial charge in [0.15, 0.2) is 0 Å². The van der Waals surface area contributed by atoms with Gasteiger partial charge in [0.2, 0.25) is 0 Å². The number of aliphatic hydroxyl groups excluding tert-OH is 1. The van der Waals surface area contributed by atoms with Crippen molar-refractivity contribution in [3.05, 3.63) is 23.0 Å². The summed E-state index contributed by atoms with van der Waals surface area (Å²) in [5.41, 5.74) is 2.04. The van der Waals surface area contributed by atoms with Crippen LogP contribution in [0.5, 0.6) is 5.75 Å². The van der Waals surface area contributed by atoms with Crippen molar-refractivity contribution in [2.24, 2.45) is 0 Å². The quantitative estimate of drug-likeness (QED) is 0.640. The van der Waals surface area contributed by atoms with E-state index in [0.717, 1.165) is 24.9 Å². The number of unbranched alkanes of at least 4 members (excludes halogenated alkanes) is 1. The minimum atomic E-state index is -0.0916. The first-order chi connectivity index (χ1) is 7.70. The number of aromatic nitrogens is 1. The normalized spacial score (nSPS) is 10.7. The molecule has 4 heteroatoms. The summed E-state index contributed by atoms with van der Waals surface area (Å²) >= 11 is 0. The highest BCUT2D eigenvalue weighted by atomic mass is 16.3. The number of nitrogens with one attached hydrogen (secondary N) is 1. The van der Waals surface area contributed by atoms with Crippen LogP contribution in [0.25, 0.3) is 0 Å². The molecule has 4 nitrogen and oxygen atoms in total. The highest BCUT2D eigenvalue weighted by Gasteiger charge is 2.10. The fourth-order valence-corrected chi connectivity index (χ4v) is 1.53. The molecule has 0 saturated heterocycles. The minimum Gasteiger partial charge on any atom is -0.506 e. The van der Waals surface area contributed by atoms with Gasteiger partial charge in [-0.3, -0.25) is 4.98 Å². The van der Waals surface area contributed by atoms with Crippen LogP contribution in [0.15, 0.2) is 6.20 Å². The lowest BCUT2D eigenvalue weighted by atomic mass is 10.1. The predicted molar refractivity (Wildman–Crippen MR) is 63.2 cm³/mol. The van der Waals surface area contributed by atoms with E-state index in [4.69, 9.17) is 5.11 Å². The van der Waals surface area contributed by atoms with E-state index in [0.29, 0.717) is 17.8 Å². The molecule has 0 aliphatic heterocycles. The Kier molecular flexibility index (Phi) is 5.22. The van der Waals surface area contributed by atoms with Gasteiger partial charge in [0, 0.05) is 23.9 Å². The number of aliphatic hydroxyl groups is 1. The number of aryl methyl sites for hydroxylation is 1. The second kappa shape index (κ2) is 6.45. The van der Waals surface area contributed by atoms with E-state index >= 15 is 0 Å². The summed E-state index contributed by atoms with van der Waals surface area (Å²) in [6.07, 6.45) is 3.87. The molecule has 0 amide bonds. The Balaban J connectivity index is 2.72. The van der Waals surface area contributed by atoms with Crippen molar-refractivity contribution in [2.75, 3.05) is 6.54 Å². The van der Waals surface area contributed by atoms with Crippen LogP contribution in [0.3, 0.4) is 0 Å². The van der Waals surface area contributed by atoms with Crippen LogP contribution in [0, 0.1) is 6.92 Å².